The topological polar surface area (TPSA) is 46.2 Å². The fourth-order valence-electron chi connectivity index (χ4n) is 1.81. The first kappa shape index (κ1) is 14.7. The van der Waals surface area contributed by atoms with Gasteiger partial charge in [-0.1, -0.05) is 19.1 Å². The van der Waals surface area contributed by atoms with Gasteiger partial charge in [0.1, 0.15) is 0 Å². The molecule has 0 aliphatic heterocycles. The second kappa shape index (κ2) is 6.58. The van der Waals surface area contributed by atoms with Crippen LogP contribution in [-0.2, 0) is 9.84 Å². The van der Waals surface area contributed by atoms with Gasteiger partial charge in [-0.3, -0.25) is 0 Å². The minimum absolute atomic E-state index is 0.180. The van der Waals surface area contributed by atoms with Crippen LogP contribution in [0.1, 0.15) is 31.4 Å². The van der Waals surface area contributed by atoms with Crippen LogP contribution >= 0.6 is 0 Å². The molecule has 0 radical (unpaired) electrons. The zero-order valence-electron chi connectivity index (χ0n) is 10.8. The van der Waals surface area contributed by atoms with Gasteiger partial charge in [0.05, 0.1) is 4.90 Å². The molecule has 1 aromatic rings. The van der Waals surface area contributed by atoms with E-state index in [0.717, 1.165) is 18.5 Å². The molecule has 0 aromatic heterocycles. The zero-order chi connectivity index (χ0) is 13.6. The molecule has 4 heteroatoms. The standard InChI is InChI=1S/C14H19NO2S/c1-4-6-7-14(15-5-2)12-8-10-13(11-9-12)18(3,16)17/h1,8-11,14-15H,5-7H2,2-3H3. The summed E-state index contributed by atoms with van der Waals surface area (Å²) in [7, 11) is -3.13. The summed E-state index contributed by atoms with van der Waals surface area (Å²) in [5.41, 5.74) is 1.07. The first-order chi connectivity index (χ1) is 8.49. The Kier molecular flexibility index (Phi) is 5.39. The number of terminal acetylenes is 1. The SMILES string of the molecule is C#CCCC(NCC)c1ccc(S(C)(=O)=O)cc1. The van der Waals surface area contributed by atoms with Crippen molar-refractivity contribution in [3.05, 3.63) is 29.8 Å². The number of rotatable bonds is 6. The molecule has 1 atom stereocenters. The van der Waals surface area contributed by atoms with E-state index in [4.69, 9.17) is 6.42 Å². The minimum atomic E-state index is -3.13. The van der Waals surface area contributed by atoms with Gasteiger partial charge >= 0.3 is 0 Å². The Morgan fingerprint density at radius 3 is 2.39 bits per heavy atom. The molecule has 0 aliphatic carbocycles. The zero-order valence-corrected chi connectivity index (χ0v) is 11.6. The van der Waals surface area contributed by atoms with Crippen LogP contribution in [0.3, 0.4) is 0 Å². The van der Waals surface area contributed by atoms with Crippen molar-refractivity contribution in [3.8, 4) is 12.3 Å². The molecule has 0 spiro atoms. The van der Waals surface area contributed by atoms with Crippen LogP contribution in [0.2, 0.25) is 0 Å². The average Bonchev–Trinajstić information content (AvgIpc) is 2.33. The van der Waals surface area contributed by atoms with Crippen molar-refractivity contribution in [1.29, 1.82) is 0 Å². The molecule has 18 heavy (non-hydrogen) atoms. The maximum atomic E-state index is 11.4. The van der Waals surface area contributed by atoms with Crippen LogP contribution in [0.4, 0.5) is 0 Å². The number of sulfone groups is 1. The highest BCUT2D eigenvalue weighted by atomic mass is 32.2. The van der Waals surface area contributed by atoms with Crippen molar-refractivity contribution < 1.29 is 8.42 Å². The van der Waals surface area contributed by atoms with Gasteiger partial charge in [-0.25, -0.2) is 8.42 Å². The molecular formula is C14H19NO2S. The molecule has 0 heterocycles. The first-order valence-electron chi connectivity index (χ1n) is 5.96. The summed E-state index contributed by atoms with van der Waals surface area (Å²) in [5.74, 6) is 2.63. The van der Waals surface area contributed by atoms with Crippen molar-refractivity contribution in [2.24, 2.45) is 0 Å². The van der Waals surface area contributed by atoms with E-state index in [2.05, 4.69) is 11.2 Å². The molecule has 98 valence electrons. The van der Waals surface area contributed by atoms with Gasteiger partial charge in [-0.15, -0.1) is 12.3 Å². The molecule has 0 bridgehead atoms. The lowest BCUT2D eigenvalue weighted by molar-refractivity contribution is 0.522. The van der Waals surface area contributed by atoms with Crippen LogP contribution in [0.5, 0.6) is 0 Å². The molecule has 1 unspecified atom stereocenters. The highest BCUT2D eigenvalue weighted by Crippen LogP contribution is 2.20. The van der Waals surface area contributed by atoms with Gasteiger partial charge in [0.25, 0.3) is 0 Å². The van der Waals surface area contributed by atoms with Gasteiger partial charge in [-0.05, 0) is 30.7 Å². The molecule has 1 aromatic carbocycles. The van der Waals surface area contributed by atoms with Crippen molar-refractivity contribution in [2.45, 2.75) is 30.7 Å². The Balaban J connectivity index is 2.90. The van der Waals surface area contributed by atoms with Gasteiger partial charge in [-0.2, -0.15) is 0 Å². The summed E-state index contributed by atoms with van der Waals surface area (Å²) >= 11 is 0. The molecule has 0 aliphatic rings. The second-order valence-electron chi connectivity index (χ2n) is 4.19. The van der Waals surface area contributed by atoms with Crippen LogP contribution < -0.4 is 5.32 Å². The summed E-state index contributed by atoms with van der Waals surface area (Å²) in [6, 6.07) is 7.16. The van der Waals surface area contributed by atoms with Crippen LogP contribution in [0, 0.1) is 12.3 Å². The van der Waals surface area contributed by atoms with E-state index in [1.165, 1.54) is 6.26 Å². The van der Waals surface area contributed by atoms with Crippen molar-refractivity contribution in [2.75, 3.05) is 12.8 Å². The van der Waals surface area contributed by atoms with E-state index in [1.54, 1.807) is 12.1 Å². The third-order valence-corrected chi connectivity index (χ3v) is 3.87. The smallest absolute Gasteiger partial charge is 0.175 e. The monoisotopic (exact) mass is 265 g/mol. The molecule has 3 nitrogen and oxygen atoms in total. The third-order valence-electron chi connectivity index (χ3n) is 2.74. The van der Waals surface area contributed by atoms with Gasteiger partial charge in [0.2, 0.25) is 0 Å². The quantitative estimate of drug-likeness (QED) is 0.802. The van der Waals surface area contributed by atoms with Gasteiger partial charge < -0.3 is 5.32 Å². The Morgan fingerprint density at radius 1 is 1.33 bits per heavy atom. The summed E-state index contributed by atoms with van der Waals surface area (Å²) in [5, 5.41) is 3.35. The van der Waals surface area contributed by atoms with E-state index in [-0.39, 0.29) is 6.04 Å². The van der Waals surface area contributed by atoms with E-state index in [1.807, 2.05) is 19.1 Å². The maximum absolute atomic E-state index is 11.4. The highest BCUT2D eigenvalue weighted by molar-refractivity contribution is 7.90. The molecule has 0 fully saturated rings. The molecule has 0 saturated heterocycles. The Morgan fingerprint density at radius 2 is 1.94 bits per heavy atom. The maximum Gasteiger partial charge on any atom is 0.175 e. The number of nitrogens with one attached hydrogen (secondary N) is 1. The summed E-state index contributed by atoms with van der Waals surface area (Å²) in [6.45, 7) is 2.89. The summed E-state index contributed by atoms with van der Waals surface area (Å²) in [6.07, 6.45) is 8.04. The fraction of sp³-hybridized carbons (Fsp3) is 0.429. The van der Waals surface area contributed by atoms with Gasteiger partial charge in [0.15, 0.2) is 9.84 Å². The molecule has 1 N–H and O–H groups in total. The second-order valence-corrected chi connectivity index (χ2v) is 6.21. The average molecular weight is 265 g/mol. The first-order valence-corrected chi connectivity index (χ1v) is 7.85. The third kappa shape index (κ3) is 4.17. The predicted molar refractivity (Wildman–Crippen MR) is 74.0 cm³/mol. The van der Waals surface area contributed by atoms with Gasteiger partial charge in [0, 0.05) is 18.7 Å². The Bertz CT molecular complexity index is 512. The molecule has 0 amide bonds. The van der Waals surface area contributed by atoms with E-state index >= 15 is 0 Å². The fourth-order valence-corrected chi connectivity index (χ4v) is 2.44. The summed E-state index contributed by atoms with van der Waals surface area (Å²) < 4.78 is 22.7. The van der Waals surface area contributed by atoms with Crippen molar-refractivity contribution >= 4 is 9.84 Å². The lowest BCUT2D eigenvalue weighted by Gasteiger charge is -2.17. The molecule has 0 saturated carbocycles. The lowest BCUT2D eigenvalue weighted by Crippen LogP contribution is -2.20. The normalized spacial score (nSPS) is 12.9. The van der Waals surface area contributed by atoms with E-state index in [9.17, 15) is 8.42 Å². The Hall–Kier alpha value is -1.31. The lowest BCUT2D eigenvalue weighted by atomic mass is 10.0. The molecular weight excluding hydrogens is 246 g/mol. The number of hydrogen-bond donors (Lipinski definition) is 1. The minimum Gasteiger partial charge on any atom is -0.310 e. The van der Waals surface area contributed by atoms with Crippen molar-refractivity contribution in [1.82, 2.24) is 5.32 Å². The largest absolute Gasteiger partial charge is 0.310 e. The number of hydrogen-bond acceptors (Lipinski definition) is 3. The molecule has 1 rings (SSSR count). The summed E-state index contributed by atoms with van der Waals surface area (Å²) in [4.78, 5) is 0.346. The van der Waals surface area contributed by atoms with Crippen LogP contribution in [0.25, 0.3) is 0 Å². The Labute approximate surface area is 110 Å². The van der Waals surface area contributed by atoms with E-state index in [0.29, 0.717) is 11.3 Å². The van der Waals surface area contributed by atoms with Crippen LogP contribution in [-0.4, -0.2) is 21.2 Å². The highest BCUT2D eigenvalue weighted by Gasteiger charge is 2.11. The van der Waals surface area contributed by atoms with Crippen molar-refractivity contribution in [3.63, 3.8) is 0 Å². The number of benzene rings is 1. The van der Waals surface area contributed by atoms with E-state index < -0.39 is 9.84 Å². The van der Waals surface area contributed by atoms with Crippen LogP contribution in [0.15, 0.2) is 29.2 Å². The predicted octanol–water partition coefficient (Wildman–Crippen LogP) is 2.15.